The van der Waals surface area contributed by atoms with Crippen LogP contribution in [0.15, 0.2) is 24.3 Å². The minimum absolute atomic E-state index is 0.120. The average molecular weight is 386 g/mol. The Hall–Kier alpha value is -2.37. The predicted octanol–water partition coefficient (Wildman–Crippen LogP) is 2.84. The van der Waals surface area contributed by atoms with Gasteiger partial charge in [0, 0.05) is 33.1 Å². The largest absolute Gasteiger partial charge is 0.342 e. The zero-order valence-electron chi connectivity index (χ0n) is 17.4. The van der Waals surface area contributed by atoms with Gasteiger partial charge in [0.05, 0.1) is 0 Å². The van der Waals surface area contributed by atoms with Crippen LogP contribution in [-0.4, -0.2) is 64.8 Å². The number of aryl methyl sites for hydroxylation is 2. The summed E-state index contributed by atoms with van der Waals surface area (Å²) in [4.78, 5) is 42.9. The molecule has 0 atom stereocenters. The summed E-state index contributed by atoms with van der Waals surface area (Å²) in [5.41, 5.74) is 1.60. The fourth-order valence-corrected chi connectivity index (χ4v) is 4.27. The van der Waals surface area contributed by atoms with Gasteiger partial charge < -0.3 is 9.80 Å². The van der Waals surface area contributed by atoms with Crippen molar-refractivity contribution >= 4 is 17.8 Å². The number of carbonyl (C=O) groups is 3. The monoisotopic (exact) mass is 385 g/mol. The van der Waals surface area contributed by atoms with Gasteiger partial charge in [-0.2, -0.15) is 0 Å². The minimum Gasteiger partial charge on any atom is -0.342 e. The lowest BCUT2D eigenvalue weighted by atomic mass is 9.85. The van der Waals surface area contributed by atoms with E-state index in [1.807, 2.05) is 25.7 Å². The number of piperidine rings is 1. The van der Waals surface area contributed by atoms with Gasteiger partial charge in [-0.15, -0.1) is 0 Å². The van der Waals surface area contributed by atoms with Crippen LogP contribution in [0.4, 0.5) is 4.79 Å². The molecule has 2 heterocycles. The maximum absolute atomic E-state index is 12.9. The Balaban J connectivity index is 1.62. The topological polar surface area (TPSA) is 60.9 Å². The van der Waals surface area contributed by atoms with Gasteiger partial charge >= 0.3 is 6.03 Å². The standard InChI is InChI=1S/C22H31N3O3/c1-16(2)15-25-21(28)23(4)20(27)22(25)11-13-24(14-12-22)19(26)10-9-18-7-5-17(3)6-8-18/h5-8,16H,9-15H2,1-4H3. The zero-order chi connectivity index (χ0) is 20.5. The van der Waals surface area contributed by atoms with E-state index in [1.165, 1.54) is 10.5 Å². The summed E-state index contributed by atoms with van der Waals surface area (Å²) in [5, 5.41) is 0. The number of rotatable bonds is 5. The zero-order valence-corrected chi connectivity index (χ0v) is 17.4. The van der Waals surface area contributed by atoms with E-state index in [-0.39, 0.29) is 23.8 Å². The van der Waals surface area contributed by atoms with Crippen molar-refractivity contribution < 1.29 is 14.4 Å². The third kappa shape index (κ3) is 3.77. The molecule has 28 heavy (non-hydrogen) atoms. The van der Waals surface area contributed by atoms with Crippen molar-refractivity contribution in [3.05, 3.63) is 35.4 Å². The number of nitrogens with zero attached hydrogens (tertiary/aromatic N) is 3. The number of urea groups is 1. The summed E-state index contributed by atoms with van der Waals surface area (Å²) < 4.78 is 0. The van der Waals surface area contributed by atoms with Gasteiger partial charge in [-0.1, -0.05) is 43.7 Å². The first-order valence-corrected chi connectivity index (χ1v) is 10.2. The summed E-state index contributed by atoms with van der Waals surface area (Å²) >= 11 is 0. The molecule has 2 saturated heterocycles. The summed E-state index contributed by atoms with van der Waals surface area (Å²) in [6.07, 6.45) is 2.23. The lowest BCUT2D eigenvalue weighted by Crippen LogP contribution is -2.58. The van der Waals surface area contributed by atoms with Crippen LogP contribution < -0.4 is 0 Å². The van der Waals surface area contributed by atoms with Gasteiger partial charge in [-0.05, 0) is 37.7 Å². The van der Waals surface area contributed by atoms with E-state index in [4.69, 9.17) is 0 Å². The van der Waals surface area contributed by atoms with E-state index < -0.39 is 5.54 Å². The van der Waals surface area contributed by atoms with Crippen LogP contribution in [0.2, 0.25) is 0 Å². The smallest absolute Gasteiger partial charge is 0.327 e. The van der Waals surface area contributed by atoms with Crippen molar-refractivity contribution in [3.8, 4) is 0 Å². The highest BCUT2D eigenvalue weighted by molar-refractivity contribution is 6.07. The summed E-state index contributed by atoms with van der Waals surface area (Å²) in [5.74, 6) is 0.287. The van der Waals surface area contributed by atoms with Crippen molar-refractivity contribution in [2.24, 2.45) is 5.92 Å². The van der Waals surface area contributed by atoms with E-state index in [9.17, 15) is 14.4 Å². The molecule has 2 fully saturated rings. The second-order valence-corrected chi connectivity index (χ2v) is 8.55. The maximum Gasteiger partial charge on any atom is 0.327 e. The molecule has 0 aromatic heterocycles. The summed E-state index contributed by atoms with van der Waals surface area (Å²) in [6, 6.07) is 8.05. The molecule has 6 nitrogen and oxygen atoms in total. The Bertz CT molecular complexity index is 749. The van der Waals surface area contributed by atoms with E-state index >= 15 is 0 Å². The number of amides is 4. The molecule has 152 valence electrons. The summed E-state index contributed by atoms with van der Waals surface area (Å²) in [6.45, 7) is 7.76. The molecule has 0 N–H and O–H groups in total. The molecule has 0 unspecified atom stereocenters. The fourth-order valence-electron chi connectivity index (χ4n) is 4.27. The van der Waals surface area contributed by atoms with Crippen LogP contribution in [0.3, 0.4) is 0 Å². The van der Waals surface area contributed by atoms with Gasteiger partial charge in [0.2, 0.25) is 5.91 Å². The van der Waals surface area contributed by atoms with Crippen LogP contribution in [0.25, 0.3) is 0 Å². The molecule has 2 aliphatic heterocycles. The maximum atomic E-state index is 12.9. The number of carbonyl (C=O) groups excluding carboxylic acids is 3. The molecule has 1 aromatic carbocycles. The Morgan fingerprint density at radius 2 is 1.71 bits per heavy atom. The number of imide groups is 1. The molecule has 0 saturated carbocycles. The predicted molar refractivity (Wildman–Crippen MR) is 108 cm³/mol. The molecular formula is C22H31N3O3. The average Bonchev–Trinajstić information content (AvgIpc) is 2.84. The Morgan fingerprint density at radius 3 is 2.29 bits per heavy atom. The highest BCUT2D eigenvalue weighted by Crippen LogP contribution is 2.37. The summed E-state index contributed by atoms with van der Waals surface area (Å²) in [7, 11) is 1.56. The SMILES string of the molecule is Cc1ccc(CCC(=O)N2CCC3(CC2)C(=O)N(C)C(=O)N3CC(C)C)cc1. The van der Waals surface area contributed by atoms with Crippen LogP contribution >= 0.6 is 0 Å². The van der Waals surface area contributed by atoms with Crippen LogP contribution in [0, 0.1) is 12.8 Å². The van der Waals surface area contributed by atoms with Crippen LogP contribution in [0.5, 0.6) is 0 Å². The molecule has 4 amide bonds. The Morgan fingerprint density at radius 1 is 1.11 bits per heavy atom. The van der Waals surface area contributed by atoms with Crippen molar-refractivity contribution in [1.82, 2.24) is 14.7 Å². The van der Waals surface area contributed by atoms with Crippen LogP contribution in [0.1, 0.15) is 44.2 Å². The molecular weight excluding hydrogens is 354 g/mol. The Labute approximate surface area is 167 Å². The minimum atomic E-state index is -0.774. The lowest BCUT2D eigenvalue weighted by Gasteiger charge is -2.42. The van der Waals surface area contributed by atoms with Gasteiger partial charge in [-0.25, -0.2) is 4.79 Å². The first kappa shape index (κ1) is 20.4. The van der Waals surface area contributed by atoms with Crippen molar-refractivity contribution in [2.75, 3.05) is 26.7 Å². The van der Waals surface area contributed by atoms with E-state index in [0.29, 0.717) is 38.9 Å². The second kappa shape index (κ2) is 7.94. The molecule has 0 radical (unpaired) electrons. The molecule has 2 aliphatic rings. The molecule has 1 spiro atoms. The van der Waals surface area contributed by atoms with Gasteiger partial charge in [0.25, 0.3) is 5.91 Å². The first-order chi connectivity index (χ1) is 13.2. The van der Waals surface area contributed by atoms with Crippen molar-refractivity contribution in [2.45, 2.75) is 52.0 Å². The lowest BCUT2D eigenvalue weighted by molar-refractivity contribution is -0.140. The van der Waals surface area contributed by atoms with Crippen molar-refractivity contribution in [1.29, 1.82) is 0 Å². The highest BCUT2D eigenvalue weighted by atomic mass is 16.2. The molecule has 0 bridgehead atoms. The molecule has 0 aliphatic carbocycles. The third-order valence-electron chi connectivity index (χ3n) is 5.98. The second-order valence-electron chi connectivity index (χ2n) is 8.55. The highest BCUT2D eigenvalue weighted by Gasteiger charge is 2.57. The number of likely N-dealkylation sites (tertiary alicyclic amines) is 1. The van der Waals surface area contributed by atoms with Gasteiger partial charge in [0.15, 0.2) is 0 Å². The normalized spacial score (nSPS) is 19.2. The number of hydrogen-bond acceptors (Lipinski definition) is 3. The van der Waals surface area contributed by atoms with Crippen LogP contribution in [-0.2, 0) is 16.0 Å². The number of benzene rings is 1. The molecule has 3 rings (SSSR count). The molecule has 6 heteroatoms. The Kier molecular flexibility index (Phi) is 5.77. The fraction of sp³-hybridized carbons (Fsp3) is 0.591. The van der Waals surface area contributed by atoms with E-state index in [0.717, 1.165) is 12.0 Å². The quantitative estimate of drug-likeness (QED) is 0.732. The first-order valence-electron chi connectivity index (χ1n) is 10.2. The number of hydrogen-bond donors (Lipinski definition) is 0. The van der Waals surface area contributed by atoms with E-state index in [1.54, 1.807) is 11.9 Å². The van der Waals surface area contributed by atoms with Gasteiger partial charge in [-0.3, -0.25) is 14.5 Å². The van der Waals surface area contributed by atoms with Gasteiger partial charge in [0.1, 0.15) is 5.54 Å². The van der Waals surface area contributed by atoms with E-state index in [2.05, 4.69) is 24.3 Å². The third-order valence-corrected chi connectivity index (χ3v) is 5.98. The van der Waals surface area contributed by atoms with Crippen molar-refractivity contribution in [3.63, 3.8) is 0 Å². The molecule has 1 aromatic rings. The number of likely N-dealkylation sites (N-methyl/N-ethyl adjacent to an activating group) is 1.